The van der Waals surface area contributed by atoms with Gasteiger partial charge in [0, 0.05) is 16.2 Å². The van der Waals surface area contributed by atoms with Crippen molar-refractivity contribution < 1.29 is 0 Å². The number of hydrogen-bond acceptors (Lipinski definition) is 2. The van der Waals surface area contributed by atoms with E-state index in [0.29, 0.717) is 5.03 Å². The lowest BCUT2D eigenvalue weighted by Gasteiger charge is -2.01. The fourth-order valence-electron chi connectivity index (χ4n) is 0.818. The number of hydrogen-bond donors (Lipinski definition) is 0. The maximum atomic E-state index is 5.97. The van der Waals surface area contributed by atoms with E-state index < -0.39 is 0 Å². The summed E-state index contributed by atoms with van der Waals surface area (Å²) in [5, 5.41) is 0.711. The first-order valence-electron chi connectivity index (χ1n) is 4.45. The van der Waals surface area contributed by atoms with Gasteiger partial charge in [-0.1, -0.05) is 31.2 Å². The maximum Gasteiger partial charge on any atom is 0.0769 e. The number of nitrogens with zero attached hydrogens (tertiary/aromatic N) is 1. The molecular formula is C11H16ClNS. The molecule has 0 fully saturated rings. The van der Waals surface area contributed by atoms with Gasteiger partial charge in [-0.25, -0.2) is 0 Å². The van der Waals surface area contributed by atoms with Gasteiger partial charge in [-0.15, -0.1) is 11.8 Å². The molecule has 0 N–H and O–H groups in total. The fraction of sp³-hybridized carbons (Fsp3) is 0.364. The molecule has 3 heteroatoms. The predicted molar refractivity (Wildman–Crippen MR) is 69.1 cm³/mol. The van der Waals surface area contributed by atoms with Crippen LogP contribution in [-0.2, 0) is 0 Å². The summed E-state index contributed by atoms with van der Waals surface area (Å²) >= 11 is 7.54. The molecule has 0 heterocycles. The predicted octanol–water partition coefficient (Wildman–Crippen LogP) is 4.37. The molecule has 0 amide bonds. The van der Waals surface area contributed by atoms with Crippen molar-refractivity contribution in [3.05, 3.63) is 34.4 Å². The normalized spacial score (nSPS) is 13.7. The fourth-order valence-corrected chi connectivity index (χ4v) is 1.40. The summed E-state index contributed by atoms with van der Waals surface area (Å²) in [6.07, 6.45) is 8.41. The van der Waals surface area contributed by atoms with Crippen LogP contribution in [0.2, 0.25) is 0 Å². The lowest BCUT2D eigenvalue weighted by molar-refractivity contribution is 1.22. The lowest BCUT2D eigenvalue weighted by Crippen LogP contribution is -1.81. The minimum atomic E-state index is 0.711. The number of allylic oxidation sites excluding steroid dienone is 3. The van der Waals surface area contributed by atoms with Crippen molar-refractivity contribution in [2.75, 3.05) is 6.26 Å². The van der Waals surface area contributed by atoms with Gasteiger partial charge in [0.25, 0.3) is 0 Å². The summed E-state index contributed by atoms with van der Waals surface area (Å²) in [6.45, 7) is 7.82. The molecule has 0 unspecified atom stereocenters. The molecule has 0 aliphatic rings. The van der Waals surface area contributed by atoms with Gasteiger partial charge in [-0.05, 0) is 25.7 Å². The van der Waals surface area contributed by atoms with Gasteiger partial charge in [0.1, 0.15) is 0 Å². The second kappa shape index (κ2) is 7.89. The Labute approximate surface area is 95.6 Å². The van der Waals surface area contributed by atoms with Crippen molar-refractivity contribution in [1.82, 2.24) is 0 Å². The molecule has 0 spiro atoms. The van der Waals surface area contributed by atoms with Crippen LogP contribution >= 0.6 is 23.4 Å². The average Bonchev–Trinajstić information content (AvgIpc) is 2.16. The summed E-state index contributed by atoms with van der Waals surface area (Å²) in [4.78, 5) is 5.13. The molecule has 0 aromatic carbocycles. The van der Waals surface area contributed by atoms with Gasteiger partial charge in [0.2, 0.25) is 0 Å². The summed E-state index contributed by atoms with van der Waals surface area (Å²) in [6, 6.07) is 0. The highest BCUT2D eigenvalue weighted by molar-refractivity contribution is 8.02. The molecule has 0 aromatic heterocycles. The molecule has 14 heavy (non-hydrogen) atoms. The molecule has 0 bridgehead atoms. The summed E-state index contributed by atoms with van der Waals surface area (Å²) in [7, 11) is 0. The van der Waals surface area contributed by atoms with Crippen LogP contribution in [-0.4, -0.2) is 12.5 Å². The first kappa shape index (κ1) is 13.5. The smallest absolute Gasteiger partial charge is 0.0769 e. The van der Waals surface area contributed by atoms with Crippen LogP contribution in [0, 0.1) is 0 Å². The highest BCUT2D eigenvalue weighted by Gasteiger charge is 1.99. The molecule has 0 saturated carbocycles. The van der Waals surface area contributed by atoms with Crippen molar-refractivity contribution in [3.63, 3.8) is 0 Å². The molecule has 0 atom stereocenters. The van der Waals surface area contributed by atoms with Gasteiger partial charge < -0.3 is 0 Å². The van der Waals surface area contributed by atoms with E-state index in [9.17, 15) is 0 Å². The lowest BCUT2D eigenvalue weighted by atomic mass is 10.3. The number of aliphatic imine (C=N–C) groups is 1. The average molecular weight is 230 g/mol. The zero-order valence-corrected chi connectivity index (χ0v) is 10.5. The van der Waals surface area contributed by atoms with Crippen molar-refractivity contribution in [2.24, 2.45) is 4.99 Å². The molecule has 0 aromatic rings. The molecule has 0 rings (SSSR count). The monoisotopic (exact) mass is 229 g/mol. The van der Waals surface area contributed by atoms with Crippen LogP contribution in [0.4, 0.5) is 0 Å². The Morgan fingerprint density at radius 3 is 2.64 bits per heavy atom. The van der Waals surface area contributed by atoms with Gasteiger partial charge in [-0.2, -0.15) is 0 Å². The minimum absolute atomic E-state index is 0.711. The third-order valence-corrected chi connectivity index (χ3v) is 2.44. The SMILES string of the molecule is C=C(SC)/C(=C\C(Cl)=C/CC)N=CC. The van der Waals surface area contributed by atoms with Gasteiger partial charge in [0.15, 0.2) is 0 Å². The largest absolute Gasteiger partial charge is 0.260 e. The molecule has 1 nitrogen and oxygen atoms in total. The van der Waals surface area contributed by atoms with Crippen LogP contribution < -0.4 is 0 Å². The van der Waals surface area contributed by atoms with Crippen LogP contribution in [0.5, 0.6) is 0 Å². The Morgan fingerprint density at radius 1 is 1.57 bits per heavy atom. The molecular weight excluding hydrogens is 214 g/mol. The second-order valence-corrected chi connectivity index (χ2v) is 3.88. The van der Waals surface area contributed by atoms with E-state index in [4.69, 9.17) is 11.6 Å². The van der Waals surface area contributed by atoms with Gasteiger partial charge in [-0.3, -0.25) is 4.99 Å². The van der Waals surface area contributed by atoms with Crippen molar-refractivity contribution >= 4 is 29.6 Å². The maximum absolute atomic E-state index is 5.97. The summed E-state index contributed by atoms with van der Waals surface area (Å²) in [5.74, 6) is 0. The molecule has 78 valence electrons. The van der Waals surface area contributed by atoms with Crippen LogP contribution in [0.1, 0.15) is 20.3 Å². The topological polar surface area (TPSA) is 12.4 Å². The molecule has 0 aliphatic heterocycles. The number of thioether (sulfide) groups is 1. The minimum Gasteiger partial charge on any atom is -0.260 e. The van der Waals surface area contributed by atoms with E-state index in [2.05, 4.69) is 11.6 Å². The third kappa shape index (κ3) is 5.30. The van der Waals surface area contributed by atoms with E-state index in [1.54, 1.807) is 18.0 Å². The van der Waals surface area contributed by atoms with E-state index in [0.717, 1.165) is 17.0 Å². The summed E-state index contributed by atoms with van der Waals surface area (Å²) < 4.78 is 0. The Morgan fingerprint density at radius 2 is 2.21 bits per heavy atom. The Kier molecular flexibility index (Phi) is 7.63. The first-order chi connectivity index (χ1) is 6.65. The van der Waals surface area contributed by atoms with Crippen molar-refractivity contribution in [1.29, 1.82) is 0 Å². The second-order valence-electron chi connectivity index (χ2n) is 2.54. The van der Waals surface area contributed by atoms with E-state index >= 15 is 0 Å². The Balaban J connectivity index is 4.81. The quantitative estimate of drug-likeness (QED) is 0.504. The van der Waals surface area contributed by atoms with E-state index in [1.807, 2.05) is 32.3 Å². The van der Waals surface area contributed by atoms with Crippen LogP contribution in [0.15, 0.2) is 39.4 Å². The zero-order valence-electron chi connectivity index (χ0n) is 8.88. The highest BCUT2D eigenvalue weighted by Crippen LogP contribution is 2.22. The summed E-state index contributed by atoms with van der Waals surface area (Å²) in [5.41, 5.74) is 0.828. The third-order valence-electron chi connectivity index (χ3n) is 1.47. The number of halogens is 1. The van der Waals surface area contributed by atoms with Crippen LogP contribution in [0.25, 0.3) is 0 Å². The Hall–Kier alpha value is -0.470. The van der Waals surface area contributed by atoms with Crippen LogP contribution in [0.3, 0.4) is 0 Å². The van der Waals surface area contributed by atoms with Crippen molar-refractivity contribution in [3.8, 4) is 0 Å². The van der Waals surface area contributed by atoms with E-state index in [1.165, 1.54) is 0 Å². The standard InChI is InChI=1S/C11H16ClNS/c1-5-7-10(12)8-11(13-6-2)9(3)14-4/h6-8H,3,5H2,1-2,4H3/b10-7+,11-8+,13-6?. The highest BCUT2D eigenvalue weighted by atomic mass is 35.5. The van der Waals surface area contributed by atoms with Crippen molar-refractivity contribution in [2.45, 2.75) is 20.3 Å². The first-order valence-corrected chi connectivity index (χ1v) is 6.05. The molecule has 0 aliphatic carbocycles. The zero-order chi connectivity index (χ0) is 11.0. The Bertz CT molecular complexity index is 277. The van der Waals surface area contributed by atoms with Gasteiger partial charge >= 0.3 is 0 Å². The molecule has 0 radical (unpaired) electrons. The molecule has 0 saturated heterocycles. The van der Waals surface area contributed by atoms with E-state index in [-0.39, 0.29) is 0 Å². The number of rotatable bonds is 5. The van der Waals surface area contributed by atoms with Gasteiger partial charge in [0.05, 0.1) is 5.70 Å².